The summed E-state index contributed by atoms with van der Waals surface area (Å²) in [6, 6.07) is 10.1. The molecular formula is C12H17NO3. The van der Waals surface area contributed by atoms with Gasteiger partial charge in [-0.3, -0.25) is 0 Å². The number of nitrogens with one attached hydrogen (secondary N) is 1. The zero-order chi connectivity index (χ0) is 11.6. The van der Waals surface area contributed by atoms with Gasteiger partial charge >= 0.3 is 5.97 Å². The van der Waals surface area contributed by atoms with Crippen molar-refractivity contribution in [2.75, 3.05) is 26.9 Å². The number of benzene rings is 1. The summed E-state index contributed by atoms with van der Waals surface area (Å²) in [7, 11) is 1.47. The van der Waals surface area contributed by atoms with Gasteiger partial charge in [-0.2, -0.15) is 0 Å². The quantitative estimate of drug-likeness (QED) is 0.552. The molecule has 0 aliphatic carbocycles. The molecule has 1 N–H and O–H groups in total. The normalized spacial score (nSPS) is 10.1. The number of carbonyl (C=O) groups excluding carboxylic acids is 1. The molecule has 1 aromatic carbocycles. The molecule has 16 heavy (non-hydrogen) atoms. The van der Waals surface area contributed by atoms with E-state index in [4.69, 9.17) is 4.74 Å². The molecular weight excluding hydrogens is 206 g/mol. The molecule has 0 spiro atoms. The van der Waals surface area contributed by atoms with Crippen LogP contribution in [0.4, 0.5) is 0 Å². The monoisotopic (exact) mass is 223 g/mol. The van der Waals surface area contributed by atoms with Gasteiger partial charge in [-0.05, 0) is 5.56 Å². The highest BCUT2D eigenvalue weighted by atomic mass is 16.6. The van der Waals surface area contributed by atoms with Crippen molar-refractivity contribution in [3.63, 3.8) is 0 Å². The van der Waals surface area contributed by atoms with E-state index in [2.05, 4.69) is 10.1 Å². The number of ether oxygens (including phenoxy) is 2. The first-order valence-electron chi connectivity index (χ1n) is 5.22. The van der Waals surface area contributed by atoms with Gasteiger partial charge in [0.2, 0.25) is 0 Å². The first kappa shape index (κ1) is 12.7. The van der Waals surface area contributed by atoms with E-state index < -0.39 is 0 Å². The van der Waals surface area contributed by atoms with Crippen molar-refractivity contribution in [2.45, 2.75) is 6.54 Å². The standard InChI is InChI=1S/C12H17NO3/c1-15-10-12(14)16-8-7-13-9-11-5-3-2-4-6-11/h2-6,13H,7-10H2,1H3. The van der Waals surface area contributed by atoms with Crippen molar-refractivity contribution in [2.24, 2.45) is 0 Å². The number of carbonyl (C=O) groups is 1. The van der Waals surface area contributed by atoms with Crippen LogP contribution in [0.2, 0.25) is 0 Å². The summed E-state index contributed by atoms with van der Waals surface area (Å²) < 4.78 is 9.53. The first-order valence-corrected chi connectivity index (χ1v) is 5.22. The lowest BCUT2D eigenvalue weighted by molar-refractivity contribution is -0.147. The molecule has 0 fully saturated rings. The maximum Gasteiger partial charge on any atom is 0.332 e. The van der Waals surface area contributed by atoms with Crippen molar-refractivity contribution >= 4 is 5.97 Å². The second-order valence-electron chi connectivity index (χ2n) is 3.32. The summed E-state index contributed by atoms with van der Waals surface area (Å²) in [5.41, 5.74) is 1.21. The third-order valence-corrected chi connectivity index (χ3v) is 1.98. The maximum absolute atomic E-state index is 10.9. The van der Waals surface area contributed by atoms with Gasteiger partial charge in [0.25, 0.3) is 0 Å². The van der Waals surface area contributed by atoms with Gasteiger partial charge in [0.15, 0.2) is 0 Å². The molecule has 0 amide bonds. The average molecular weight is 223 g/mol. The molecule has 0 unspecified atom stereocenters. The van der Waals surface area contributed by atoms with Gasteiger partial charge in [0, 0.05) is 20.2 Å². The fourth-order valence-corrected chi connectivity index (χ4v) is 1.23. The minimum absolute atomic E-state index is 0.0126. The lowest BCUT2D eigenvalue weighted by Gasteiger charge is -2.06. The van der Waals surface area contributed by atoms with Crippen LogP contribution >= 0.6 is 0 Å². The molecule has 1 aromatic rings. The molecule has 0 atom stereocenters. The number of methoxy groups -OCH3 is 1. The van der Waals surface area contributed by atoms with E-state index >= 15 is 0 Å². The topological polar surface area (TPSA) is 47.6 Å². The molecule has 0 saturated carbocycles. The molecule has 4 nitrogen and oxygen atoms in total. The molecule has 0 saturated heterocycles. The highest BCUT2D eigenvalue weighted by molar-refractivity contribution is 5.70. The van der Waals surface area contributed by atoms with E-state index in [1.165, 1.54) is 12.7 Å². The predicted molar refractivity (Wildman–Crippen MR) is 61.0 cm³/mol. The van der Waals surface area contributed by atoms with Crippen LogP contribution in [-0.4, -0.2) is 32.8 Å². The van der Waals surface area contributed by atoms with Crippen LogP contribution in [0.15, 0.2) is 30.3 Å². The third-order valence-electron chi connectivity index (χ3n) is 1.98. The predicted octanol–water partition coefficient (Wildman–Crippen LogP) is 0.966. The Balaban J connectivity index is 2.02. The summed E-state index contributed by atoms with van der Waals surface area (Å²) in [6.07, 6.45) is 0. The molecule has 4 heteroatoms. The average Bonchev–Trinajstić information content (AvgIpc) is 2.30. The summed E-state index contributed by atoms with van der Waals surface area (Å²) in [6.45, 7) is 1.81. The summed E-state index contributed by atoms with van der Waals surface area (Å²) in [5.74, 6) is -0.330. The van der Waals surface area contributed by atoms with Crippen LogP contribution < -0.4 is 5.32 Å². The van der Waals surface area contributed by atoms with Crippen LogP contribution in [-0.2, 0) is 20.8 Å². The van der Waals surface area contributed by atoms with Crippen LogP contribution in [0.1, 0.15) is 5.56 Å². The molecule has 0 bridgehead atoms. The molecule has 88 valence electrons. The third kappa shape index (κ3) is 5.48. The lowest BCUT2D eigenvalue weighted by atomic mass is 10.2. The van der Waals surface area contributed by atoms with Crippen molar-refractivity contribution < 1.29 is 14.3 Å². The Hall–Kier alpha value is -1.39. The first-order chi connectivity index (χ1) is 7.83. The Bertz CT molecular complexity index is 300. The van der Waals surface area contributed by atoms with Gasteiger partial charge in [-0.15, -0.1) is 0 Å². The van der Waals surface area contributed by atoms with Gasteiger partial charge in [0.1, 0.15) is 13.2 Å². The molecule has 0 heterocycles. The lowest BCUT2D eigenvalue weighted by Crippen LogP contribution is -2.22. The van der Waals surface area contributed by atoms with E-state index in [1.807, 2.05) is 30.3 Å². The fraction of sp³-hybridized carbons (Fsp3) is 0.417. The number of rotatable bonds is 7. The van der Waals surface area contributed by atoms with Crippen molar-refractivity contribution in [3.8, 4) is 0 Å². The number of esters is 1. The van der Waals surface area contributed by atoms with E-state index in [1.54, 1.807) is 0 Å². The Labute approximate surface area is 95.6 Å². The SMILES string of the molecule is COCC(=O)OCCNCc1ccccc1. The van der Waals surface area contributed by atoms with E-state index in [-0.39, 0.29) is 12.6 Å². The van der Waals surface area contributed by atoms with Crippen LogP contribution in [0.5, 0.6) is 0 Å². The molecule has 0 aliphatic rings. The van der Waals surface area contributed by atoms with Crippen molar-refractivity contribution in [1.82, 2.24) is 5.32 Å². The highest BCUT2D eigenvalue weighted by Gasteiger charge is 1.99. The molecule has 0 aromatic heterocycles. The zero-order valence-corrected chi connectivity index (χ0v) is 9.44. The summed E-state index contributed by atoms with van der Waals surface area (Å²) in [5, 5.41) is 3.18. The van der Waals surface area contributed by atoms with Crippen LogP contribution in [0.25, 0.3) is 0 Å². The van der Waals surface area contributed by atoms with E-state index in [0.717, 1.165) is 6.54 Å². The number of hydrogen-bond donors (Lipinski definition) is 1. The zero-order valence-electron chi connectivity index (χ0n) is 9.44. The minimum Gasteiger partial charge on any atom is -0.463 e. The van der Waals surface area contributed by atoms with Crippen molar-refractivity contribution in [3.05, 3.63) is 35.9 Å². The Morgan fingerprint density at radius 1 is 1.31 bits per heavy atom. The summed E-state index contributed by atoms with van der Waals surface area (Å²) in [4.78, 5) is 10.9. The molecule has 0 radical (unpaired) electrons. The Kier molecular flexibility index (Phi) is 6.22. The van der Waals surface area contributed by atoms with E-state index in [0.29, 0.717) is 13.2 Å². The minimum atomic E-state index is -0.330. The molecule has 0 aliphatic heterocycles. The second-order valence-corrected chi connectivity index (χ2v) is 3.32. The smallest absolute Gasteiger partial charge is 0.332 e. The fourth-order valence-electron chi connectivity index (χ4n) is 1.23. The van der Waals surface area contributed by atoms with E-state index in [9.17, 15) is 4.79 Å². The Morgan fingerprint density at radius 2 is 2.06 bits per heavy atom. The summed E-state index contributed by atoms with van der Waals surface area (Å²) >= 11 is 0. The highest BCUT2D eigenvalue weighted by Crippen LogP contribution is 1.96. The molecule has 1 rings (SSSR count). The van der Waals surface area contributed by atoms with Gasteiger partial charge < -0.3 is 14.8 Å². The van der Waals surface area contributed by atoms with Gasteiger partial charge in [-0.1, -0.05) is 30.3 Å². The maximum atomic E-state index is 10.9. The van der Waals surface area contributed by atoms with Gasteiger partial charge in [0.05, 0.1) is 0 Å². The van der Waals surface area contributed by atoms with Crippen LogP contribution in [0.3, 0.4) is 0 Å². The van der Waals surface area contributed by atoms with Gasteiger partial charge in [-0.25, -0.2) is 4.79 Å². The largest absolute Gasteiger partial charge is 0.463 e. The second kappa shape index (κ2) is 7.84. The number of hydrogen-bond acceptors (Lipinski definition) is 4. The Morgan fingerprint density at radius 3 is 2.75 bits per heavy atom. The van der Waals surface area contributed by atoms with Crippen LogP contribution in [0, 0.1) is 0 Å². The van der Waals surface area contributed by atoms with Crippen molar-refractivity contribution in [1.29, 1.82) is 0 Å².